The van der Waals surface area contributed by atoms with E-state index in [1.165, 1.54) is 28.6 Å². The lowest BCUT2D eigenvalue weighted by molar-refractivity contribution is -0.278. The molecule has 11 nitrogen and oxygen atoms in total. The van der Waals surface area contributed by atoms with Crippen molar-refractivity contribution in [1.82, 2.24) is 4.31 Å². The molecule has 0 radical (unpaired) electrons. The first-order chi connectivity index (χ1) is 14.0. The van der Waals surface area contributed by atoms with Gasteiger partial charge in [0.1, 0.15) is 18.3 Å². The Hall–Kier alpha value is -2.09. The van der Waals surface area contributed by atoms with E-state index in [1.807, 2.05) is 6.92 Å². The molecule has 30 heavy (non-hydrogen) atoms. The van der Waals surface area contributed by atoms with Crippen LogP contribution in [0, 0.1) is 0 Å². The monoisotopic (exact) mass is 447 g/mol. The van der Waals surface area contributed by atoms with Gasteiger partial charge >= 0.3 is 11.9 Å². The summed E-state index contributed by atoms with van der Waals surface area (Å²) in [6.07, 6.45) is -8.83. The zero-order chi connectivity index (χ0) is 22.6. The Morgan fingerprint density at radius 1 is 1.07 bits per heavy atom. The van der Waals surface area contributed by atoms with Crippen LogP contribution in [0.4, 0.5) is 0 Å². The van der Waals surface area contributed by atoms with Crippen LogP contribution in [0.3, 0.4) is 0 Å². The highest BCUT2D eigenvalue weighted by atomic mass is 32.2. The van der Waals surface area contributed by atoms with E-state index in [4.69, 9.17) is 14.6 Å². The number of carboxylic acid groups (broad SMARTS) is 1. The maximum atomic E-state index is 12.6. The molecule has 1 fully saturated rings. The molecule has 12 heteroatoms. The molecule has 5 atom stereocenters. The van der Waals surface area contributed by atoms with E-state index in [-0.39, 0.29) is 17.0 Å². The van der Waals surface area contributed by atoms with Crippen LogP contribution in [0.15, 0.2) is 29.2 Å². The van der Waals surface area contributed by atoms with Gasteiger partial charge in [0.25, 0.3) is 0 Å². The van der Waals surface area contributed by atoms with Gasteiger partial charge in [-0.25, -0.2) is 18.0 Å². The molecule has 0 aromatic heterocycles. The third kappa shape index (κ3) is 4.96. The minimum absolute atomic E-state index is 0.0206. The van der Waals surface area contributed by atoms with Crippen LogP contribution in [-0.2, 0) is 24.3 Å². The van der Waals surface area contributed by atoms with Gasteiger partial charge in [-0.1, -0.05) is 13.8 Å². The van der Waals surface area contributed by atoms with Gasteiger partial charge in [0.15, 0.2) is 6.10 Å². The fraction of sp³-hybridized carbons (Fsp3) is 0.556. The molecule has 0 spiro atoms. The summed E-state index contributed by atoms with van der Waals surface area (Å²) in [5, 5.41) is 38.3. The number of hydrogen-bond acceptors (Lipinski definition) is 9. The first-order valence-corrected chi connectivity index (χ1v) is 10.7. The minimum Gasteiger partial charge on any atom is -0.479 e. The standard InChI is InChI=1S/C18H25NO10S/c1-3-9-19(4-2)30(26,27)11-7-5-10(6-8-11)17(25)29-18-14(22)12(20)13(21)15(28-18)16(23)24/h5-8,12-15,18,20-22H,3-4,9H2,1-2H3,(H,23,24)/t12-,13-,14+,15?,18?/m0/s1. The fourth-order valence-electron chi connectivity index (χ4n) is 2.93. The van der Waals surface area contributed by atoms with Crippen LogP contribution in [0.25, 0.3) is 0 Å². The normalized spacial score (nSPS) is 27.1. The van der Waals surface area contributed by atoms with Crippen molar-refractivity contribution in [2.45, 2.75) is 55.9 Å². The maximum Gasteiger partial charge on any atom is 0.340 e. The molecule has 0 amide bonds. The predicted octanol–water partition coefficient (Wildman–Crippen LogP) is -0.844. The van der Waals surface area contributed by atoms with E-state index in [0.29, 0.717) is 13.0 Å². The summed E-state index contributed by atoms with van der Waals surface area (Å²) in [5.74, 6) is -2.66. The Balaban J connectivity index is 2.15. The number of hydrogen-bond donors (Lipinski definition) is 4. The number of nitrogens with zero attached hydrogens (tertiary/aromatic N) is 1. The average Bonchev–Trinajstić information content (AvgIpc) is 2.71. The van der Waals surface area contributed by atoms with Crippen molar-refractivity contribution >= 4 is 22.0 Å². The lowest BCUT2D eigenvalue weighted by Gasteiger charge is -2.37. The maximum absolute atomic E-state index is 12.6. The van der Waals surface area contributed by atoms with E-state index < -0.39 is 52.7 Å². The molecule has 168 valence electrons. The number of aliphatic hydroxyl groups is 3. The molecule has 0 saturated carbocycles. The summed E-state index contributed by atoms with van der Waals surface area (Å²) < 4.78 is 36.3. The van der Waals surface area contributed by atoms with Gasteiger partial charge in [-0.3, -0.25) is 0 Å². The number of esters is 1. The number of ether oxygens (including phenoxy) is 2. The molecule has 1 aromatic rings. The summed E-state index contributed by atoms with van der Waals surface area (Å²) in [6, 6.07) is 4.84. The molecule has 1 aromatic carbocycles. The molecule has 1 aliphatic rings. The van der Waals surface area contributed by atoms with E-state index in [1.54, 1.807) is 6.92 Å². The topological polar surface area (TPSA) is 171 Å². The van der Waals surface area contributed by atoms with Crippen LogP contribution in [0.1, 0.15) is 30.6 Å². The molecular weight excluding hydrogens is 422 g/mol. The van der Waals surface area contributed by atoms with Crippen molar-refractivity contribution in [3.05, 3.63) is 29.8 Å². The Bertz CT molecular complexity index is 856. The summed E-state index contributed by atoms with van der Waals surface area (Å²) in [4.78, 5) is 23.4. The number of carbonyl (C=O) groups is 2. The van der Waals surface area contributed by atoms with Gasteiger partial charge in [-0.05, 0) is 30.7 Å². The van der Waals surface area contributed by atoms with Gasteiger partial charge in [0.05, 0.1) is 10.5 Å². The van der Waals surface area contributed by atoms with Gasteiger partial charge in [-0.2, -0.15) is 4.31 Å². The Labute approximate surface area is 173 Å². The first-order valence-electron chi connectivity index (χ1n) is 9.28. The van der Waals surface area contributed by atoms with E-state index in [9.17, 15) is 33.3 Å². The van der Waals surface area contributed by atoms with Gasteiger partial charge in [-0.15, -0.1) is 0 Å². The predicted molar refractivity (Wildman–Crippen MR) is 101 cm³/mol. The highest BCUT2D eigenvalue weighted by molar-refractivity contribution is 7.89. The average molecular weight is 447 g/mol. The molecule has 1 heterocycles. The van der Waals surface area contributed by atoms with Crippen molar-refractivity contribution in [2.24, 2.45) is 0 Å². The molecule has 0 aliphatic carbocycles. The number of carboxylic acids is 1. The molecule has 4 N–H and O–H groups in total. The lowest BCUT2D eigenvalue weighted by Crippen LogP contribution is -2.60. The fourth-order valence-corrected chi connectivity index (χ4v) is 4.47. The quantitative estimate of drug-likeness (QED) is 0.368. The van der Waals surface area contributed by atoms with E-state index in [0.717, 1.165) is 0 Å². The van der Waals surface area contributed by atoms with Crippen LogP contribution in [0.2, 0.25) is 0 Å². The van der Waals surface area contributed by atoms with E-state index >= 15 is 0 Å². The second-order valence-corrected chi connectivity index (χ2v) is 8.60. The highest BCUT2D eigenvalue weighted by Gasteiger charge is 2.48. The Morgan fingerprint density at radius 3 is 2.17 bits per heavy atom. The second kappa shape index (κ2) is 9.81. The molecule has 1 aliphatic heterocycles. The largest absolute Gasteiger partial charge is 0.479 e. The van der Waals surface area contributed by atoms with Crippen LogP contribution in [-0.4, -0.2) is 88.9 Å². The van der Waals surface area contributed by atoms with Crippen molar-refractivity contribution in [3.63, 3.8) is 0 Å². The smallest absolute Gasteiger partial charge is 0.340 e. The Morgan fingerprint density at radius 2 is 1.67 bits per heavy atom. The van der Waals surface area contributed by atoms with Crippen molar-refractivity contribution in [3.8, 4) is 0 Å². The highest BCUT2D eigenvalue weighted by Crippen LogP contribution is 2.24. The number of aliphatic hydroxyl groups excluding tert-OH is 3. The third-order valence-corrected chi connectivity index (χ3v) is 6.58. The number of sulfonamides is 1. The van der Waals surface area contributed by atoms with Crippen LogP contribution in [0.5, 0.6) is 0 Å². The van der Waals surface area contributed by atoms with Crippen molar-refractivity contribution < 1.29 is 47.9 Å². The molecule has 2 unspecified atom stereocenters. The second-order valence-electron chi connectivity index (χ2n) is 6.66. The summed E-state index contributed by atoms with van der Waals surface area (Å²) in [7, 11) is -3.73. The zero-order valence-corrected chi connectivity index (χ0v) is 17.2. The third-order valence-electron chi connectivity index (χ3n) is 4.59. The van der Waals surface area contributed by atoms with Crippen molar-refractivity contribution in [1.29, 1.82) is 0 Å². The lowest BCUT2D eigenvalue weighted by atomic mass is 9.99. The van der Waals surface area contributed by atoms with Crippen LogP contribution >= 0.6 is 0 Å². The first kappa shape index (κ1) is 24.2. The Kier molecular flexibility index (Phi) is 7.91. The number of carbonyl (C=O) groups excluding carboxylic acids is 1. The van der Waals surface area contributed by atoms with Crippen LogP contribution < -0.4 is 0 Å². The number of rotatable bonds is 8. The van der Waals surface area contributed by atoms with Gasteiger partial charge < -0.3 is 29.9 Å². The molecule has 2 rings (SSSR count). The van der Waals surface area contributed by atoms with Gasteiger partial charge in [0.2, 0.25) is 16.3 Å². The van der Waals surface area contributed by atoms with Crippen molar-refractivity contribution in [2.75, 3.05) is 13.1 Å². The molecule has 0 bridgehead atoms. The zero-order valence-electron chi connectivity index (χ0n) is 16.4. The molecular formula is C18H25NO10S. The van der Waals surface area contributed by atoms with E-state index in [2.05, 4.69) is 0 Å². The summed E-state index contributed by atoms with van der Waals surface area (Å²) in [6.45, 7) is 4.20. The number of benzene rings is 1. The SMILES string of the molecule is CCCN(CC)S(=O)(=O)c1ccc(C(=O)OC2OC(C(=O)O)[C@@H](O)[C@H](O)[C@H]2O)cc1. The summed E-state index contributed by atoms with van der Waals surface area (Å²) >= 11 is 0. The molecule has 1 saturated heterocycles. The minimum atomic E-state index is -3.73. The summed E-state index contributed by atoms with van der Waals surface area (Å²) in [5.41, 5.74) is -0.0872. The van der Waals surface area contributed by atoms with Gasteiger partial charge in [0, 0.05) is 13.1 Å². The number of aliphatic carboxylic acids is 1.